The fourth-order valence-corrected chi connectivity index (χ4v) is 5.13. The van der Waals surface area contributed by atoms with E-state index in [9.17, 15) is 4.79 Å². The first-order valence-electron chi connectivity index (χ1n) is 10.2. The number of fused-ring (bicyclic) bond motifs is 1. The van der Waals surface area contributed by atoms with Crippen LogP contribution in [0.2, 0.25) is 5.02 Å². The van der Waals surface area contributed by atoms with Crippen molar-refractivity contribution in [3.8, 4) is 5.69 Å². The van der Waals surface area contributed by atoms with Crippen molar-refractivity contribution in [3.63, 3.8) is 0 Å². The molecule has 4 aromatic rings. The number of amides is 1. The highest BCUT2D eigenvalue weighted by Gasteiger charge is 2.25. The van der Waals surface area contributed by atoms with Crippen LogP contribution in [0, 0.1) is 13.8 Å². The van der Waals surface area contributed by atoms with Crippen molar-refractivity contribution >= 4 is 44.3 Å². The van der Waals surface area contributed by atoms with E-state index in [-0.39, 0.29) is 5.91 Å². The van der Waals surface area contributed by atoms with Gasteiger partial charge in [-0.25, -0.2) is 4.68 Å². The number of halogens is 1. The summed E-state index contributed by atoms with van der Waals surface area (Å²) in [6.45, 7) is 6.92. The first-order chi connectivity index (χ1) is 15.0. The Morgan fingerprint density at radius 2 is 1.81 bits per heavy atom. The monoisotopic (exact) mass is 451 g/mol. The quantitative estimate of drug-likeness (QED) is 0.452. The highest BCUT2D eigenvalue weighted by Crippen LogP contribution is 2.33. The predicted molar refractivity (Wildman–Crippen MR) is 126 cm³/mol. The van der Waals surface area contributed by atoms with Gasteiger partial charge in [-0.3, -0.25) is 4.79 Å². The van der Waals surface area contributed by atoms with Gasteiger partial charge in [0.2, 0.25) is 0 Å². The van der Waals surface area contributed by atoms with Gasteiger partial charge in [-0.05, 0) is 49.7 Å². The van der Waals surface area contributed by atoms with Gasteiger partial charge >= 0.3 is 0 Å². The lowest BCUT2D eigenvalue weighted by Gasteiger charge is -2.34. The molecule has 0 radical (unpaired) electrons. The minimum absolute atomic E-state index is 0.0254. The van der Waals surface area contributed by atoms with Gasteiger partial charge in [-0.1, -0.05) is 41.1 Å². The van der Waals surface area contributed by atoms with E-state index >= 15 is 0 Å². The maximum absolute atomic E-state index is 12.8. The lowest BCUT2D eigenvalue weighted by molar-refractivity contribution is 0.0747. The van der Waals surface area contributed by atoms with Crippen LogP contribution in [-0.4, -0.2) is 51.8 Å². The number of piperazine rings is 1. The lowest BCUT2D eigenvalue weighted by atomic mass is 10.2. The molecule has 3 heterocycles. The maximum Gasteiger partial charge on any atom is 0.254 e. The molecule has 31 heavy (non-hydrogen) atoms. The number of aromatic nitrogens is 3. The van der Waals surface area contributed by atoms with Crippen molar-refractivity contribution in [2.75, 3.05) is 31.1 Å². The Morgan fingerprint density at radius 1 is 1.03 bits per heavy atom. The van der Waals surface area contributed by atoms with E-state index < -0.39 is 0 Å². The Morgan fingerprint density at radius 3 is 2.55 bits per heavy atom. The molecule has 1 aliphatic rings. The van der Waals surface area contributed by atoms with Crippen molar-refractivity contribution < 1.29 is 4.79 Å². The molecule has 2 aromatic heterocycles. The van der Waals surface area contributed by atoms with Crippen LogP contribution in [0.15, 0.2) is 48.5 Å². The standard InChI is InChI=1S/C23H22ClN5OS/c1-15-5-3-8-19(13-15)29-21-20(16(2)26-29)31-23(25-21)28-11-9-27(10-12-28)22(30)17-6-4-7-18(24)14-17/h3-8,13-14H,9-12H2,1-2H3. The van der Waals surface area contributed by atoms with Crippen LogP contribution in [0.4, 0.5) is 5.13 Å². The molecule has 2 aromatic carbocycles. The van der Waals surface area contributed by atoms with Crippen LogP contribution in [0.25, 0.3) is 16.0 Å². The molecule has 158 valence electrons. The van der Waals surface area contributed by atoms with Gasteiger partial charge in [0.05, 0.1) is 16.1 Å². The summed E-state index contributed by atoms with van der Waals surface area (Å²) < 4.78 is 3.03. The number of hydrogen-bond donors (Lipinski definition) is 0. The third kappa shape index (κ3) is 3.79. The van der Waals surface area contributed by atoms with Crippen LogP contribution in [0.1, 0.15) is 21.6 Å². The van der Waals surface area contributed by atoms with E-state index in [1.54, 1.807) is 23.5 Å². The summed E-state index contributed by atoms with van der Waals surface area (Å²) in [5.41, 5.74) is 4.71. The Balaban J connectivity index is 1.35. The first kappa shape index (κ1) is 20.0. The average Bonchev–Trinajstić information content (AvgIpc) is 3.34. The van der Waals surface area contributed by atoms with Crippen molar-refractivity contribution in [3.05, 3.63) is 70.4 Å². The van der Waals surface area contributed by atoms with Crippen molar-refractivity contribution in [1.29, 1.82) is 0 Å². The SMILES string of the molecule is Cc1cccc(-n2nc(C)c3sc(N4CCN(C(=O)c5cccc(Cl)c5)CC4)nc32)c1. The van der Waals surface area contributed by atoms with Gasteiger partial charge in [-0.15, -0.1) is 0 Å². The molecule has 6 nitrogen and oxygen atoms in total. The molecule has 0 spiro atoms. The number of carbonyl (C=O) groups is 1. The van der Waals surface area contributed by atoms with Crippen molar-refractivity contribution in [2.45, 2.75) is 13.8 Å². The molecule has 0 bridgehead atoms. The predicted octanol–water partition coefficient (Wildman–Crippen LogP) is 4.71. The van der Waals surface area contributed by atoms with Gasteiger partial charge in [-0.2, -0.15) is 10.1 Å². The molecule has 0 unspecified atom stereocenters. The number of rotatable bonds is 3. The summed E-state index contributed by atoms with van der Waals surface area (Å²) in [7, 11) is 0. The van der Waals surface area contributed by atoms with E-state index in [0.29, 0.717) is 23.7 Å². The molecule has 1 saturated heterocycles. The molecule has 0 atom stereocenters. The number of thiazole rings is 1. The van der Waals surface area contributed by atoms with Crippen LogP contribution < -0.4 is 4.90 Å². The number of anilines is 1. The summed E-state index contributed by atoms with van der Waals surface area (Å²) >= 11 is 7.71. The van der Waals surface area contributed by atoms with E-state index in [1.165, 1.54) is 5.56 Å². The topological polar surface area (TPSA) is 54.3 Å². The second kappa shape index (κ2) is 7.98. The number of hydrogen-bond acceptors (Lipinski definition) is 5. The van der Waals surface area contributed by atoms with E-state index in [0.717, 1.165) is 39.9 Å². The Hall–Kier alpha value is -2.90. The van der Waals surface area contributed by atoms with Crippen LogP contribution >= 0.6 is 22.9 Å². The number of nitrogens with zero attached hydrogens (tertiary/aromatic N) is 5. The lowest BCUT2D eigenvalue weighted by Crippen LogP contribution is -2.48. The minimum Gasteiger partial charge on any atom is -0.344 e. The zero-order valence-electron chi connectivity index (χ0n) is 17.4. The molecular formula is C23H22ClN5OS. The molecule has 5 rings (SSSR count). The molecular weight excluding hydrogens is 430 g/mol. The average molecular weight is 452 g/mol. The third-order valence-electron chi connectivity index (χ3n) is 5.53. The Kier molecular flexibility index (Phi) is 5.16. The zero-order chi connectivity index (χ0) is 21.5. The second-order valence-electron chi connectivity index (χ2n) is 7.77. The number of aryl methyl sites for hydroxylation is 2. The highest BCUT2D eigenvalue weighted by molar-refractivity contribution is 7.22. The van der Waals surface area contributed by atoms with Crippen LogP contribution in [0.3, 0.4) is 0 Å². The summed E-state index contributed by atoms with van der Waals surface area (Å²) in [5.74, 6) is 0.0254. The Labute approximate surface area is 189 Å². The van der Waals surface area contributed by atoms with Gasteiger partial charge in [0, 0.05) is 36.8 Å². The smallest absolute Gasteiger partial charge is 0.254 e. The molecule has 1 amide bonds. The van der Waals surface area contributed by atoms with E-state index in [4.69, 9.17) is 21.7 Å². The summed E-state index contributed by atoms with van der Waals surface area (Å²) in [6.07, 6.45) is 0. The first-order valence-corrected chi connectivity index (χ1v) is 11.4. The van der Waals surface area contributed by atoms with E-state index in [2.05, 4.69) is 30.0 Å². The molecule has 1 fully saturated rings. The van der Waals surface area contributed by atoms with Gasteiger partial charge < -0.3 is 9.80 Å². The van der Waals surface area contributed by atoms with Gasteiger partial charge in [0.15, 0.2) is 10.8 Å². The molecule has 0 saturated carbocycles. The fraction of sp³-hybridized carbons (Fsp3) is 0.261. The largest absolute Gasteiger partial charge is 0.344 e. The second-order valence-corrected chi connectivity index (χ2v) is 9.19. The summed E-state index contributed by atoms with van der Waals surface area (Å²) in [4.78, 5) is 21.9. The summed E-state index contributed by atoms with van der Waals surface area (Å²) in [5, 5.41) is 6.26. The van der Waals surface area contributed by atoms with Gasteiger partial charge in [0.1, 0.15) is 0 Å². The highest BCUT2D eigenvalue weighted by atomic mass is 35.5. The fourth-order valence-electron chi connectivity index (χ4n) is 3.90. The zero-order valence-corrected chi connectivity index (χ0v) is 19.0. The normalized spacial score (nSPS) is 14.4. The Bertz CT molecular complexity index is 1270. The van der Waals surface area contributed by atoms with Crippen molar-refractivity contribution in [2.24, 2.45) is 0 Å². The molecule has 1 aliphatic heterocycles. The molecule has 8 heteroatoms. The third-order valence-corrected chi connectivity index (χ3v) is 6.98. The van der Waals surface area contributed by atoms with Crippen LogP contribution in [-0.2, 0) is 0 Å². The molecule has 0 aliphatic carbocycles. The maximum atomic E-state index is 12.8. The minimum atomic E-state index is 0.0254. The summed E-state index contributed by atoms with van der Waals surface area (Å²) in [6, 6.07) is 15.4. The van der Waals surface area contributed by atoms with Crippen LogP contribution in [0.5, 0.6) is 0 Å². The molecule has 0 N–H and O–H groups in total. The number of benzene rings is 2. The van der Waals surface area contributed by atoms with Crippen molar-refractivity contribution in [1.82, 2.24) is 19.7 Å². The number of carbonyl (C=O) groups excluding carboxylic acids is 1. The van der Waals surface area contributed by atoms with Gasteiger partial charge in [0.25, 0.3) is 5.91 Å². The van der Waals surface area contributed by atoms with E-state index in [1.807, 2.05) is 34.7 Å².